The Balaban J connectivity index is 2.20. The summed E-state index contributed by atoms with van der Waals surface area (Å²) in [4.78, 5) is 15.4. The quantitative estimate of drug-likeness (QED) is 0.794. The summed E-state index contributed by atoms with van der Waals surface area (Å²) in [6.45, 7) is 2.11. The Morgan fingerprint density at radius 1 is 1.44 bits per heavy atom. The minimum Gasteiger partial charge on any atom is -0.461 e. The fraction of sp³-hybridized carbons (Fsp3) is 0.182. The molecule has 0 aromatic carbocycles. The maximum absolute atomic E-state index is 11.3. The molecular weight excluding hydrogens is 206 g/mol. The third kappa shape index (κ3) is 2.08. The number of nitrogens with one attached hydrogen (secondary N) is 1. The predicted molar refractivity (Wildman–Crippen MR) is 57.8 cm³/mol. The second kappa shape index (κ2) is 4.57. The van der Waals surface area contributed by atoms with Gasteiger partial charge in [0.15, 0.2) is 0 Å². The lowest BCUT2D eigenvalue weighted by molar-refractivity contribution is 0.0519. The van der Waals surface area contributed by atoms with Crippen molar-refractivity contribution in [1.82, 2.24) is 15.2 Å². The SMILES string of the molecule is CCOC(=O)c1ccc(-c2ccn[nH]2)cn1. The molecule has 2 aromatic heterocycles. The molecule has 0 aliphatic heterocycles. The molecule has 0 spiro atoms. The number of esters is 1. The summed E-state index contributed by atoms with van der Waals surface area (Å²) in [7, 11) is 0. The Kier molecular flexibility index (Phi) is 2.95. The molecule has 0 fully saturated rings. The van der Waals surface area contributed by atoms with Gasteiger partial charge >= 0.3 is 5.97 Å². The summed E-state index contributed by atoms with van der Waals surface area (Å²) >= 11 is 0. The number of ether oxygens (including phenoxy) is 1. The van der Waals surface area contributed by atoms with Crippen molar-refractivity contribution in [2.75, 3.05) is 6.61 Å². The molecule has 0 radical (unpaired) electrons. The zero-order valence-electron chi connectivity index (χ0n) is 8.80. The van der Waals surface area contributed by atoms with E-state index in [1.165, 1.54) is 0 Å². The number of hydrogen-bond acceptors (Lipinski definition) is 4. The molecule has 5 nitrogen and oxygen atoms in total. The van der Waals surface area contributed by atoms with Crippen LogP contribution in [-0.4, -0.2) is 27.8 Å². The molecule has 0 saturated heterocycles. The molecule has 1 N–H and O–H groups in total. The van der Waals surface area contributed by atoms with Crippen LogP contribution in [0.25, 0.3) is 11.3 Å². The van der Waals surface area contributed by atoms with Crippen LogP contribution >= 0.6 is 0 Å². The fourth-order valence-corrected chi connectivity index (χ4v) is 1.30. The van der Waals surface area contributed by atoms with Gasteiger partial charge in [0.05, 0.1) is 12.3 Å². The van der Waals surface area contributed by atoms with Crippen molar-refractivity contribution in [3.63, 3.8) is 0 Å². The van der Waals surface area contributed by atoms with Crippen molar-refractivity contribution >= 4 is 5.97 Å². The molecule has 0 unspecified atom stereocenters. The van der Waals surface area contributed by atoms with Crippen LogP contribution in [0.3, 0.4) is 0 Å². The summed E-state index contributed by atoms with van der Waals surface area (Å²) in [5.41, 5.74) is 2.05. The first kappa shape index (κ1) is 10.4. The van der Waals surface area contributed by atoms with E-state index < -0.39 is 5.97 Å². The van der Waals surface area contributed by atoms with Crippen LogP contribution in [0.4, 0.5) is 0 Å². The van der Waals surface area contributed by atoms with Gasteiger partial charge in [-0.05, 0) is 25.1 Å². The molecule has 2 heterocycles. The van der Waals surface area contributed by atoms with Gasteiger partial charge in [0, 0.05) is 18.0 Å². The fourth-order valence-electron chi connectivity index (χ4n) is 1.30. The minimum absolute atomic E-state index is 0.310. The van der Waals surface area contributed by atoms with E-state index in [9.17, 15) is 4.79 Å². The Bertz CT molecular complexity index is 462. The molecule has 82 valence electrons. The van der Waals surface area contributed by atoms with Crippen LogP contribution in [-0.2, 0) is 4.74 Å². The lowest BCUT2D eigenvalue weighted by Crippen LogP contribution is -2.06. The third-order valence-electron chi connectivity index (χ3n) is 2.06. The van der Waals surface area contributed by atoms with Crippen LogP contribution in [0, 0.1) is 0 Å². The smallest absolute Gasteiger partial charge is 0.356 e. The van der Waals surface area contributed by atoms with Crippen LogP contribution in [0.1, 0.15) is 17.4 Å². The normalized spacial score (nSPS) is 10.1. The van der Waals surface area contributed by atoms with E-state index in [4.69, 9.17) is 4.74 Å². The van der Waals surface area contributed by atoms with Gasteiger partial charge < -0.3 is 4.74 Å². The number of pyridine rings is 1. The lowest BCUT2D eigenvalue weighted by atomic mass is 10.2. The van der Waals surface area contributed by atoms with E-state index in [2.05, 4.69) is 15.2 Å². The van der Waals surface area contributed by atoms with Crippen LogP contribution in [0.2, 0.25) is 0 Å². The first-order valence-corrected chi connectivity index (χ1v) is 4.94. The van der Waals surface area contributed by atoms with Crippen LogP contribution in [0.15, 0.2) is 30.6 Å². The van der Waals surface area contributed by atoms with Crippen LogP contribution in [0.5, 0.6) is 0 Å². The van der Waals surface area contributed by atoms with E-state index in [0.29, 0.717) is 12.3 Å². The summed E-state index contributed by atoms with van der Waals surface area (Å²) < 4.78 is 4.84. The number of aromatic nitrogens is 3. The molecule has 2 aromatic rings. The summed E-state index contributed by atoms with van der Waals surface area (Å²) in [5.74, 6) is -0.404. The number of H-pyrrole nitrogens is 1. The topological polar surface area (TPSA) is 67.9 Å². The highest BCUT2D eigenvalue weighted by atomic mass is 16.5. The average Bonchev–Trinajstić information content (AvgIpc) is 2.83. The second-order valence-corrected chi connectivity index (χ2v) is 3.12. The number of carbonyl (C=O) groups is 1. The summed E-state index contributed by atoms with van der Waals surface area (Å²) in [6, 6.07) is 5.27. The number of aromatic amines is 1. The van der Waals surface area contributed by atoms with E-state index in [0.717, 1.165) is 11.3 Å². The molecule has 0 amide bonds. The zero-order chi connectivity index (χ0) is 11.4. The van der Waals surface area contributed by atoms with Gasteiger partial charge in [-0.1, -0.05) is 0 Å². The van der Waals surface area contributed by atoms with E-state index in [-0.39, 0.29) is 0 Å². The molecular formula is C11H11N3O2. The second-order valence-electron chi connectivity index (χ2n) is 3.12. The number of carbonyl (C=O) groups excluding carboxylic acids is 1. The van der Waals surface area contributed by atoms with Gasteiger partial charge in [-0.2, -0.15) is 5.10 Å². The molecule has 16 heavy (non-hydrogen) atoms. The highest BCUT2D eigenvalue weighted by Gasteiger charge is 2.08. The molecule has 0 aliphatic carbocycles. The predicted octanol–water partition coefficient (Wildman–Crippen LogP) is 1.65. The van der Waals surface area contributed by atoms with Crippen molar-refractivity contribution in [2.45, 2.75) is 6.92 Å². The van der Waals surface area contributed by atoms with E-state index >= 15 is 0 Å². The highest BCUT2D eigenvalue weighted by molar-refractivity contribution is 5.87. The van der Waals surface area contributed by atoms with Crippen molar-refractivity contribution < 1.29 is 9.53 Å². The first-order chi connectivity index (χ1) is 7.81. The maximum atomic E-state index is 11.3. The Hall–Kier alpha value is -2.17. The Labute approximate surface area is 92.5 Å². The van der Waals surface area contributed by atoms with Crippen molar-refractivity contribution in [1.29, 1.82) is 0 Å². The zero-order valence-corrected chi connectivity index (χ0v) is 8.80. The van der Waals surface area contributed by atoms with Gasteiger partial charge in [0.2, 0.25) is 0 Å². The molecule has 0 aliphatic rings. The maximum Gasteiger partial charge on any atom is 0.356 e. The summed E-state index contributed by atoms with van der Waals surface area (Å²) in [5, 5.41) is 6.66. The number of nitrogens with zero attached hydrogens (tertiary/aromatic N) is 2. The van der Waals surface area contributed by atoms with E-state index in [1.54, 1.807) is 31.5 Å². The largest absolute Gasteiger partial charge is 0.461 e. The standard InChI is InChI=1S/C11H11N3O2/c1-2-16-11(15)10-4-3-8(7-12-10)9-5-6-13-14-9/h3-7H,2H2,1H3,(H,13,14). The van der Waals surface area contributed by atoms with Crippen molar-refractivity contribution in [2.24, 2.45) is 0 Å². The minimum atomic E-state index is -0.404. The van der Waals surface area contributed by atoms with Crippen LogP contribution < -0.4 is 0 Å². The Morgan fingerprint density at radius 3 is 2.88 bits per heavy atom. The highest BCUT2D eigenvalue weighted by Crippen LogP contribution is 2.14. The van der Waals surface area contributed by atoms with Gasteiger partial charge in [0.25, 0.3) is 0 Å². The number of rotatable bonds is 3. The van der Waals surface area contributed by atoms with Gasteiger partial charge in [-0.15, -0.1) is 0 Å². The molecule has 5 heteroatoms. The molecule has 2 rings (SSSR count). The monoisotopic (exact) mass is 217 g/mol. The van der Waals surface area contributed by atoms with Crippen molar-refractivity contribution in [3.8, 4) is 11.3 Å². The third-order valence-corrected chi connectivity index (χ3v) is 2.06. The van der Waals surface area contributed by atoms with Gasteiger partial charge in [-0.25, -0.2) is 9.78 Å². The Morgan fingerprint density at radius 2 is 2.31 bits per heavy atom. The molecule has 0 bridgehead atoms. The molecule has 0 saturated carbocycles. The first-order valence-electron chi connectivity index (χ1n) is 4.94. The van der Waals surface area contributed by atoms with Gasteiger partial charge in [0.1, 0.15) is 5.69 Å². The number of hydrogen-bond donors (Lipinski definition) is 1. The van der Waals surface area contributed by atoms with Crippen molar-refractivity contribution in [3.05, 3.63) is 36.3 Å². The summed E-state index contributed by atoms with van der Waals surface area (Å²) in [6.07, 6.45) is 3.27. The average molecular weight is 217 g/mol. The molecule has 0 atom stereocenters. The lowest BCUT2D eigenvalue weighted by Gasteiger charge is -2.01. The van der Waals surface area contributed by atoms with Gasteiger partial charge in [-0.3, -0.25) is 5.10 Å². The van der Waals surface area contributed by atoms with E-state index in [1.807, 2.05) is 6.07 Å².